The summed E-state index contributed by atoms with van der Waals surface area (Å²) in [5.74, 6) is -0.156. The molecule has 0 saturated carbocycles. The second-order valence-electron chi connectivity index (χ2n) is 5.30. The van der Waals surface area contributed by atoms with Gasteiger partial charge in [-0.15, -0.1) is 0 Å². The number of amidine groups is 1. The summed E-state index contributed by atoms with van der Waals surface area (Å²) < 4.78 is 5.69. The minimum Gasteiger partial charge on any atom is -0.483 e. The van der Waals surface area contributed by atoms with Crippen molar-refractivity contribution in [2.24, 2.45) is 10.8 Å². The van der Waals surface area contributed by atoms with E-state index in [0.29, 0.717) is 11.3 Å². The smallest absolute Gasteiger partial charge is 0.297 e. The average Bonchev–Trinajstić information content (AvgIpc) is 2.46. The molecule has 0 aliphatic carbocycles. The predicted octanol–water partition coefficient (Wildman–Crippen LogP) is 2.01. The van der Waals surface area contributed by atoms with E-state index in [2.05, 4.69) is 10.5 Å². The number of ether oxygens (including phenoxy) is 1. The summed E-state index contributed by atoms with van der Waals surface area (Å²) in [4.78, 5) is 10.6. The zero-order valence-electron chi connectivity index (χ0n) is 12.5. The SMILES string of the molecule is CC1(C)C=Cc2cc(N/N=C(\C#N)C(=N)N)c([N+](=O)[O-])cc2O1. The number of anilines is 1. The van der Waals surface area contributed by atoms with E-state index in [0.717, 1.165) is 0 Å². The summed E-state index contributed by atoms with van der Waals surface area (Å²) >= 11 is 0. The molecule has 2 rings (SSSR count). The summed E-state index contributed by atoms with van der Waals surface area (Å²) in [6.07, 6.45) is 3.61. The number of nitrogens with one attached hydrogen (secondary N) is 2. The normalized spacial score (nSPS) is 15.1. The first kappa shape index (κ1) is 16.0. The van der Waals surface area contributed by atoms with Crippen LogP contribution in [0.2, 0.25) is 0 Å². The highest BCUT2D eigenvalue weighted by molar-refractivity contribution is 6.45. The van der Waals surface area contributed by atoms with Crippen molar-refractivity contribution in [1.29, 1.82) is 10.7 Å². The van der Waals surface area contributed by atoms with Gasteiger partial charge in [0, 0.05) is 5.56 Å². The van der Waals surface area contributed by atoms with E-state index < -0.39 is 16.4 Å². The minimum atomic E-state index is -0.591. The summed E-state index contributed by atoms with van der Waals surface area (Å²) in [5, 5.41) is 30.8. The van der Waals surface area contributed by atoms with Gasteiger partial charge >= 0.3 is 0 Å². The van der Waals surface area contributed by atoms with Crippen LogP contribution >= 0.6 is 0 Å². The molecule has 4 N–H and O–H groups in total. The van der Waals surface area contributed by atoms with Crippen LogP contribution < -0.4 is 15.9 Å². The number of fused-ring (bicyclic) bond motifs is 1. The molecule has 0 radical (unpaired) electrons. The Kier molecular flexibility index (Phi) is 4.00. The molecule has 0 aromatic heterocycles. The van der Waals surface area contributed by atoms with Crippen molar-refractivity contribution in [2.45, 2.75) is 19.4 Å². The van der Waals surface area contributed by atoms with Gasteiger partial charge in [-0.1, -0.05) is 6.08 Å². The third-order valence-electron chi connectivity index (χ3n) is 3.01. The molecular weight excluding hydrogens is 300 g/mol. The highest BCUT2D eigenvalue weighted by Crippen LogP contribution is 2.38. The summed E-state index contributed by atoms with van der Waals surface area (Å²) in [6.45, 7) is 3.67. The molecule has 0 unspecified atom stereocenters. The molecule has 1 aromatic carbocycles. The van der Waals surface area contributed by atoms with Gasteiger partial charge in [0.05, 0.1) is 11.0 Å². The maximum absolute atomic E-state index is 11.2. The number of hydrogen-bond donors (Lipinski definition) is 3. The first-order chi connectivity index (χ1) is 10.7. The predicted molar refractivity (Wildman–Crippen MR) is 85.4 cm³/mol. The van der Waals surface area contributed by atoms with Crippen LogP contribution in [0.1, 0.15) is 19.4 Å². The Balaban J connectivity index is 2.47. The number of benzene rings is 1. The Morgan fingerprint density at radius 3 is 2.83 bits per heavy atom. The van der Waals surface area contributed by atoms with Crippen LogP contribution in [0, 0.1) is 26.9 Å². The van der Waals surface area contributed by atoms with Gasteiger partial charge in [-0.2, -0.15) is 10.4 Å². The zero-order chi connectivity index (χ0) is 17.2. The fourth-order valence-electron chi connectivity index (χ4n) is 1.91. The molecule has 1 aromatic rings. The molecule has 9 heteroatoms. The van der Waals surface area contributed by atoms with Gasteiger partial charge in [0.15, 0.2) is 5.84 Å². The van der Waals surface area contributed by atoms with Gasteiger partial charge in [0.1, 0.15) is 23.1 Å². The number of hydrazone groups is 1. The van der Waals surface area contributed by atoms with Crippen LogP contribution in [0.25, 0.3) is 6.08 Å². The van der Waals surface area contributed by atoms with E-state index in [4.69, 9.17) is 21.1 Å². The minimum absolute atomic E-state index is 0.0655. The molecule has 0 amide bonds. The van der Waals surface area contributed by atoms with Gasteiger partial charge in [-0.25, -0.2) is 0 Å². The van der Waals surface area contributed by atoms with Gasteiger partial charge in [-0.05, 0) is 26.0 Å². The fraction of sp³-hybridized carbons (Fsp3) is 0.214. The third kappa shape index (κ3) is 3.44. The van der Waals surface area contributed by atoms with Crippen molar-refractivity contribution in [2.75, 3.05) is 5.43 Å². The number of hydrogen-bond acceptors (Lipinski definition) is 7. The lowest BCUT2D eigenvalue weighted by molar-refractivity contribution is -0.384. The quantitative estimate of drug-likeness (QED) is 0.334. The van der Waals surface area contributed by atoms with Crippen molar-refractivity contribution < 1.29 is 9.66 Å². The van der Waals surface area contributed by atoms with Gasteiger partial charge in [0.2, 0.25) is 5.71 Å². The van der Waals surface area contributed by atoms with Crippen molar-refractivity contribution in [3.8, 4) is 11.8 Å². The Morgan fingerprint density at radius 2 is 2.26 bits per heavy atom. The molecule has 23 heavy (non-hydrogen) atoms. The van der Waals surface area contributed by atoms with Gasteiger partial charge in [0.25, 0.3) is 5.69 Å². The first-order valence-electron chi connectivity index (χ1n) is 6.52. The Morgan fingerprint density at radius 1 is 1.57 bits per heavy atom. The average molecular weight is 314 g/mol. The highest BCUT2D eigenvalue weighted by Gasteiger charge is 2.26. The van der Waals surface area contributed by atoms with Gasteiger partial charge in [-0.3, -0.25) is 20.9 Å². The molecule has 1 heterocycles. The maximum atomic E-state index is 11.2. The van der Waals surface area contributed by atoms with E-state index >= 15 is 0 Å². The first-order valence-corrected chi connectivity index (χ1v) is 6.52. The van der Waals surface area contributed by atoms with Crippen LogP contribution in [-0.2, 0) is 0 Å². The Labute approximate surface area is 131 Å². The standard InChI is InChI=1S/C14H14N6O3/c1-14(2)4-3-8-5-9(18-19-10(7-15)13(16)17)11(20(21)22)6-12(8)23-14/h3-6,18H,1-2H3,(H3,16,17)/b19-10+. The molecule has 0 spiro atoms. The molecule has 0 atom stereocenters. The molecule has 9 nitrogen and oxygen atoms in total. The monoisotopic (exact) mass is 314 g/mol. The number of nitro groups is 1. The second-order valence-corrected chi connectivity index (χ2v) is 5.30. The van der Waals surface area contributed by atoms with Crippen molar-refractivity contribution in [3.63, 3.8) is 0 Å². The number of nitro benzene ring substituents is 1. The lowest BCUT2D eigenvalue weighted by atomic mass is 10.0. The van der Waals surface area contributed by atoms with Crippen molar-refractivity contribution in [1.82, 2.24) is 0 Å². The Bertz CT molecular complexity index is 788. The molecule has 0 fully saturated rings. The van der Waals surface area contributed by atoms with Crippen LogP contribution in [-0.4, -0.2) is 22.1 Å². The topological polar surface area (TPSA) is 150 Å². The van der Waals surface area contributed by atoms with Gasteiger partial charge < -0.3 is 10.5 Å². The molecule has 0 bridgehead atoms. The van der Waals surface area contributed by atoms with E-state index in [-0.39, 0.29) is 17.1 Å². The van der Waals surface area contributed by atoms with Crippen LogP contribution in [0.5, 0.6) is 5.75 Å². The van der Waals surface area contributed by atoms with Crippen molar-refractivity contribution in [3.05, 3.63) is 33.9 Å². The number of rotatable bonds is 4. The summed E-state index contributed by atoms with van der Waals surface area (Å²) in [7, 11) is 0. The number of nitrogens with two attached hydrogens (primary N) is 1. The largest absolute Gasteiger partial charge is 0.483 e. The summed E-state index contributed by atoms with van der Waals surface area (Å²) in [5.41, 5.74) is 7.09. The van der Waals surface area contributed by atoms with Crippen LogP contribution in [0.3, 0.4) is 0 Å². The number of nitriles is 1. The Hall–Kier alpha value is -3.41. The third-order valence-corrected chi connectivity index (χ3v) is 3.01. The zero-order valence-corrected chi connectivity index (χ0v) is 12.5. The van der Waals surface area contributed by atoms with E-state index in [1.165, 1.54) is 12.1 Å². The second kappa shape index (κ2) is 5.76. The lowest BCUT2D eigenvalue weighted by Gasteiger charge is -2.27. The molecule has 1 aliphatic rings. The number of nitrogens with zero attached hydrogens (tertiary/aromatic N) is 3. The van der Waals surface area contributed by atoms with E-state index in [9.17, 15) is 10.1 Å². The lowest BCUT2D eigenvalue weighted by Crippen LogP contribution is -2.27. The van der Waals surface area contributed by atoms with E-state index in [1.807, 2.05) is 19.9 Å². The van der Waals surface area contributed by atoms with Crippen molar-refractivity contribution >= 4 is 29.0 Å². The molecule has 1 aliphatic heterocycles. The fourth-order valence-corrected chi connectivity index (χ4v) is 1.91. The summed E-state index contributed by atoms with van der Waals surface area (Å²) in [6, 6.07) is 4.40. The molecule has 118 valence electrons. The molecular formula is C14H14N6O3. The van der Waals surface area contributed by atoms with E-state index in [1.54, 1.807) is 12.1 Å². The highest BCUT2D eigenvalue weighted by atomic mass is 16.6. The maximum Gasteiger partial charge on any atom is 0.297 e. The molecule has 0 saturated heterocycles. The van der Waals surface area contributed by atoms with Crippen LogP contribution in [0.4, 0.5) is 11.4 Å². The van der Waals surface area contributed by atoms with Crippen LogP contribution in [0.15, 0.2) is 23.3 Å².